The van der Waals surface area contributed by atoms with Crippen molar-refractivity contribution in [3.63, 3.8) is 0 Å². The van der Waals surface area contributed by atoms with Gasteiger partial charge in [-0.25, -0.2) is 0 Å². The van der Waals surface area contributed by atoms with E-state index in [4.69, 9.17) is 15.2 Å². The molecule has 7 nitrogen and oxygen atoms in total. The fraction of sp³-hybridized carbons (Fsp3) is 0.562. The first-order valence-corrected chi connectivity index (χ1v) is 7.50. The molecule has 23 heavy (non-hydrogen) atoms. The smallest absolute Gasteiger partial charge is 0.246 e. The Bertz CT molecular complexity index is 523. The minimum atomic E-state index is -1.38. The summed E-state index contributed by atoms with van der Waals surface area (Å²) in [5.41, 5.74) is 5.78. The zero-order valence-corrected chi connectivity index (χ0v) is 13.4. The second kappa shape index (κ2) is 6.84. The zero-order chi connectivity index (χ0) is 17.2. The normalized spacial score (nSPS) is 31.1. The Morgan fingerprint density at radius 3 is 2.87 bits per heavy atom. The molecular formula is C16H24N2O5. The molecule has 4 atom stereocenters. The molecule has 1 saturated heterocycles. The van der Waals surface area contributed by atoms with E-state index < -0.39 is 30.1 Å². The summed E-state index contributed by atoms with van der Waals surface area (Å²) in [6, 6.07) is 0. The third-order valence-corrected chi connectivity index (χ3v) is 3.81. The van der Waals surface area contributed by atoms with Crippen molar-refractivity contribution in [3.8, 4) is 0 Å². The maximum Gasteiger partial charge on any atom is 0.246 e. The molecule has 0 saturated carbocycles. The minimum absolute atomic E-state index is 0.206. The van der Waals surface area contributed by atoms with E-state index in [1.807, 2.05) is 0 Å². The molecule has 0 aromatic heterocycles. The van der Waals surface area contributed by atoms with Crippen molar-refractivity contribution < 1.29 is 24.5 Å². The van der Waals surface area contributed by atoms with Crippen molar-refractivity contribution in [3.05, 3.63) is 36.7 Å². The summed E-state index contributed by atoms with van der Waals surface area (Å²) in [6.07, 6.45) is 5.55. The summed E-state index contributed by atoms with van der Waals surface area (Å²) < 4.78 is 11.6. The van der Waals surface area contributed by atoms with E-state index in [0.717, 1.165) is 0 Å². The molecule has 1 fully saturated rings. The summed E-state index contributed by atoms with van der Waals surface area (Å²) in [4.78, 5) is 13.1. The van der Waals surface area contributed by atoms with Crippen LogP contribution in [0.5, 0.6) is 0 Å². The van der Waals surface area contributed by atoms with E-state index in [9.17, 15) is 15.0 Å². The van der Waals surface area contributed by atoms with E-state index >= 15 is 0 Å². The van der Waals surface area contributed by atoms with Gasteiger partial charge in [0.15, 0.2) is 12.0 Å². The standard InChI is InChI=1S/C16H24N2O5/c1-4-11-12(9-19)22-15(13(11)23-16(2,3)21)18-7-5-6-10(8-18)14(17)20/h4-5,7-8,11-13,15,19,21H,1,6,9H2,2-3H3,(H2,17,20)/t11-,12?,13-,15-/m1/s1. The maximum absolute atomic E-state index is 11.4. The number of rotatable bonds is 6. The number of carbonyl (C=O) groups is 1. The van der Waals surface area contributed by atoms with Crippen LogP contribution in [0.4, 0.5) is 0 Å². The first-order chi connectivity index (χ1) is 10.8. The topological polar surface area (TPSA) is 105 Å². The fourth-order valence-corrected chi connectivity index (χ4v) is 2.81. The number of aliphatic hydroxyl groups excluding tert-OH is 1. The van der Waals surface area contributed by atoms with Gasteiger partial charge in [-0.15, -0.1) is 6.58 Å². The Kier molecular flexibility index (Phi) is 5.26. The summed E-state index contributed by atoms with van der Waals surface area (Å²) in [7, 11) is 0. The van der Waals surface area contributed by atoms with Crippen molar-refractivity contribution in [2.45, 2.75) is 44.5 Å². The Balaban J connectivity index is 2.30. The highest BCUT2D eigenvalue weighted by atomic mass is 16.7. The number of hydrogen-bond acceptors (Lipinski definition) is 6. The highest BCUT2D eigenvalue weighted by molar-refractivity contribution is 5.92. The largest absolute Gasteiger partial charge is 0.394 e. The molecule has 2 aliphatic heterocycles. The van der Waals surface area contributed by atoms with Gasteiger partial charge in [-0.3, -0.25) is 4.79 Å². The van der Waals surface area contributed by atoms with Crippen LogP contribution < -0.4 is 5.73 Å². The molecule has 0 aromatic rings. The van der Waals surface area contributed by atoms with Crippen LogP contribution in [0, 0.1) is 5.92 Å². The van der Waals surface area contributed by atoms with Crippen molar-refractivity contribution in [1.82, 2.24) is 4.90 Å². The SMILES string of the molecule is C=C[C@@H]1C(CO)O[C@@H](N2C=CCC(C(N)=O)=C2)[C@@H]1OC(C)(C)O. The first kappa shape index (κ1) is 17.7. The number of primary amides is 1. The average molecular weight is 324 g/mol. The van der Waals surface area contributed by atoms with Crippen molar-refractivity contribution in [2.75, 3.05) is 6.61 Å². The summed E-state index contributed by atoms with van der Waals surface area (Å²) in [5, 5.41) is 19.5. The van der Waals surface area contributed by atoms with Gasteiger partial charge in [0.1, 0.15) is 6.10 Å². The van der Waals surface area contributed by atoms with Gasteiger partial charge in [-0.1, -0.05) is 12.2 Å². The van der Waals surface area contributed by atoms with E-state index in [-0.39, 0.29) is 12.5 Å². The molecule has 1 unspecified atom stereocenters. The van der Waals surface area contributed by atoms with Gasteiger partial charge in [0, 0.05) is 23.9 Å². The van der Waals surface area contributed by atoms with Gasteiger partial charge >= 0.3 is 0 Å². The monoisotopic (exact) mass is 324 g/mol. The first-order valence-electron chi connectivity index (χ1n) is 7.50. The van der Waals surface area contributed by atoms with Crippen LogP contribution in [0.25, 0.3) is 0 Å². The quantitative estimate of drug-likeness (QED) is 0.476. The van der Waals surface area contributed by atoms with Crippen LogP contribution in [0.3, 0.4) is 0 Å². The van der Waals surface area contributed by atoms with Crippen LogP contribution in [-0.4, -0.2) is 51.8 Å². The number of amides is 1. The molecule has 0 aromatic carbocycles. The Morgan fingerprint density at radius 1 is 1.65 bits per heavy atom. The van der Waals surface area contributed by atoms with Crippen LogP contribution in [0.1, 0.15) is 20.3 Å². The molecule has 2 rings (SSSR count). The van der Waals surface area contributed by atoms with Gasteiger partial charge in [-0.2, -0.15) is 0 Å². The Labute approximate surface area is 135 Å². The highest BCUT2D eigenvalue weighted by Crippen LogP contribution is 2.35. The zero-order valence-electron chi connectivity index (χ0n) is 13.4. The van der Waals surface area contributed by atoms with Crippen LogP contribution in [-0.2, 0) is 14.3 Å². The maximum atomic E-state index is 11.4. The Hall–Kier alpha value is -1.67. The average Bonchev–Trinajstić information content (AvgIpc) is 2.83. The van der Waals surface area contributed by atoms with Gasteiger partial charge in [0.25, 0.3) is 0 Å². The van der Waals surface area contributed by atoms with E-state index in [2.05, 4.69) is 6.58 Å². The number of nitrogens with two attached hydrogens (primary N) is 1. The number of carbonyl (C=O) groups excluding carboxylic acids is 1. The molecule has 0 spiro atoms. The second-order valence-corrected chi connectivity index (χ2v) is 6.14. The number of hydrogen-bond donors (Lipinski definition) is 3. The van der Waals surface area contributed by atoms with Crippen LogP contribution >= 0.6 is 0 Å². The molecule has 2 heterocycles. The molecular weight excluding hydrogens is 300 g/mol. The van der Waals surface area contributed by atoms with E-state index in [0.29, 0.717) is 12.0 Å². The van der Waals surface area contributed by atoms with Gasteiger partial charge in [-0.05, 0) is 20.3 Å². The fourth-order valence-electron chi connectivity index (χ4n) is 2.81. The number of aliphatic hydroxyl groups is 2. The molecule has 4 N–H and O–H groups in total. The third-order valence-electron chi connectivity index (χ3n) is 3.81. The molecule has 0 radical (unpaired) electrons. The van der Waals surface area contributed by atoms with Crippen molar-refractivity contribution >= 4 is 5.91 Å². The lowest BCUT2D eigenvalue weighted by atomic mass is 9.97. The highest BCUT2D eigenvalue weighted by Gasteiger charge is 2.47. The van der Waals surface area contributed by atoms with E-state index in [1.54, 1.807) is 29.5 Å². The molecule has 2 aliphatic rings. The van der Waals surface area contributed by atoms with Crippen molar-refractivity contribution in [1.29, 1.82) is 0 Å². The van der Waals surface area contributed by atoms with Crippen LogP contribution in [0.15, 0.2) is 36.7 Å². The predicted molar refractivity (Wildman–Crippen MR) is 83.5 cm³/mol. The van der Waals surface area contributed by atoms with Gasteiger partial charge in [0.2, 0.25) is 5.91 Å². The number of nitrogens with zero attached hydrogens (tertiary/aromatic N) is 1. The summed E-state index contributed by atoms with van der Waals surface area (Å²) in [6.45, 7) is 6.60. The van der Waals surface area contributed by atoms with Gasteiger partial charge < -0.3 is 30.3 Å². The van der Waals surface area contributed by atoms with E-state index in [1.165, 1.54) is 13.8 Å². The van der Waals surface area contributed by atoms with Crippen LogP contribution in [0.2, 0.25) is 0 Å². The molecule has 1 amide bonds. The molecule has 128 valence electrons. The number of allylic oxidation sites excluding steroid dienone is 1. The van der Waals surface area contributed by atoms with Gasteiger partial charge in [0.05, 0.1) is 12.7 Å². The third kappa shape index (κ3) is 4.00. The predicted octanol–water partition coefficient (Wildman–Crippen LogP) is 0.208. The summed E-state index contributed by atoms with van der Waals surface area (Å²) in [5.74, 6) is -2.19. The lowest BCUT2D eigenvalue weighted by Crippen LogP contribution is -2.44. The molecule has 7 heteroatoms. The Morgan fingerprint density at radius 2 is 2.35 bits per heavy atom. The number of ether oxygens (including phenoxy) is 2. The summed E-state index contributed by atoms with van der Waals surface area (Å²) >= 11 is 0. The molecule has 0 aliphatic carbocycles. The minimum Gasteiger partial charge on any atom is -0.394 e. The second-order valence-electron chi connectivity index (χ2n) is 6.14. The molecule has 0 bridgehead atoms. The lowest BCUT2D eigenvalue weighted by molar-refractivity contribution is -0.227. The lowest BCUT2D eigenvalue weighted by Gasteiger charge is -2.34. The van der Waals surface area contributed by atoms with Crippen molar-refractivity contribution in [2.24, 2.45) is 11.7 Å².